The first kappa shape index (κ1) is 21.8. The van der Waals surface area contributed by atoms with E-state index in [0.29, 0.717) is 45.1 Å². The molecule has 0 saturated carbocycles. The molecule has 1 atom stereocenters. The average molecular weight is 454 g/mol. The summed E-state index contributed by atoms with van der Waals surface area (Å²) in [5, 5.41) is 0. The van der Waals surface area contributed by atoms with Gasteiger partial charge in [-0.3, -0.25) is 0 Å². The van der Waals surface area contributed by atoms with E-state index in [2.05, 4.69) is 15.0 Å². The van der Waals surface area contributed by atoms with Crippen LogP contribution in [0.3, 0.4) is 0 Å². The molecule has 1 unspecified atom stereocenters. The molecule has 1 N–H and O–H groups in total. The maximum Gasteiger partial charge on any atom is 0.178 e. The first-order valence-electron chi connectivity index (χ1n) is 9.85. The molecule has 166 valence electrons. The van der Waals surface area contributed by atoms with Crippen LogP contribution in [-0.4, -0.2) is 53.2 Å². The van der Waals surface area contributed by atoms with E-state index in [1.165, 1.54) is 0 Å². The van der Waals surface area contributed by atoms with Gasteiger partial charge >= 0.3 is 0 Å². The largest absolute Gasteiger partial charge is 0.611 e. The summed E-state index contributed by atoms with van der Waals surface area (Å²) in [6.07, 6.45) is 1.70. The predicted molar refractivity (Wildman–Crippen MR) is 122 cm³/mol. The number of hydrogen-bond donors (Lipinski definition) is 1. The van der Waals surface area contributed by atoms with E-state index in [4.69, 9.17) is 18.9 Å². The Bertz CT molecular complexity index is 1180. The number of pyridine rings is 1. The van der Waals surface area contributed by atoms with Crippen molar-refractivity contribution < 1.29 is 23.5 Å². The van der Waals surface area contributed by atoms with E-state index in [9.17, 15) is 4.55 Å². The lowest BCUT2D eigenvalue weighted by Crippen LogP contribution is -2.15. The topological polar surface area (TPSA) is 102 Å². The number of methoxy groups -OCH3 is 3. The van der Waals surface area contributed by atoms with Crippen LogP contribution in [0.2, 0.25) is 0 Å². The third-order valence-corrected chi connectivity index (χ3v) is 6.16. The minimum atomic E-state index is -1.28. The highest BCUT2D eigenvalue weighted by molar-refractivity contribution is 7.91. The minimum absolute atomic E-state index is 0.236. The number of rotatable bonds is 9. The number of H-pyrrole nitrogens is 1. The van der Waals surface area contributed by atoms with Crippen LogP contribution in [0.25, 0.3) is 22.6 Å². The molecule has 0 bridgehead atoms. The van der Waals surface area contributed by atoms with Crippen LogP contribution in [-0.2, 0) is 11.2 Å². The van der Waals surface area contributed by atoms with Gasteiger partial charge < -0.3 is 28.5 Å². The normalized spacial score (nSPS) is 11.9. The van der Waals surface area contributed by atoms with Crippen molar-refractivity contribution in [2.75, 3.05) is 33.7 Å². The van der Waals surface area contributed by atoms with E-state index < -0.39 is 11.2 Å². The number of fused-ring (bicyclic) bond motifs is 1. The number of benzene rings is 2. The smallest absolute Gasteiger partial charge is 0.178 e. The Balaban J connectivity index is 1.51. The lowest BCUT2D eigenvalue weighted by atomic mass is 10.2. The Hall–Kier alpha value is -3.43. The summed E-state index contributed by atoms with van der Waals surface area (Å²) in [7, 11) is 4.70. The fraction of sp³-hybridized carbons (Fsp3) is 0.217. The van der Waals surface area contributed by atoms with E-state index in [1.54, 1.807) is 51.8 Å². The van der Waals surface area contributed by atoms with E-state index in [0.717, 1.165) is 11.1 Å². The summed E-state index contributed by atoms with van der Waals surface area (Å²) < 4.78 is 34.7. The Kier molecular flexibility index (Phi) is 6.67. The van der Waals surface area contributed by atoms with Gasteiger partial charge in [0.15, 0.2) is 22.0 Å². The highest BCUT2D eigenvalue weighted by atomic mass is 32.2. The third kappa shape index (κ3) is 4.58. The Morgan fingerprint density at radius 3 is 2.53 bits per heavy atom. The molecule has 2 aromatic carbocycles. The van der Waals surface area contributed by atoms with Crippen molar-refractivity contribution in [3.63, 3.8) is 0 Å². The second-order valence-electron chi connectivity index (χ2n) is 6.74. The van der Waals surface area contributed by atoms with Gasteiger partial charge in [-0.25, -0.2) is 9.97 Å². The van der Waals surface area contributed by atoms with Crippen molar-refractivity contribution in [2.24, 2.45) is 0 Å². The first-order valence-corrected chi connectivity index (χ1v) is 11.2. The van der Waals surface area contributed by atoms with Gasteiger partial charge in [0.2, 0.25) is 0 Å². The monoisotopic (exact) mass is 453 g/mol. The molecule has 0 radical (unpaired) electrons. The summed E-state index contributed by atoms with van der Waals surface area (Å²) in [5.41, 5.74) is 2.22. The van der Waals surface area contributed by atoms with Gasteiger partial charge in [0.05, 0.1) is 32.4 Å². The lowest BCUT2D eigenvalue weighted by Gasteiger charge is -2.15. The molecule has 0 amide bonds. The third-order valence-electron chi connectivity index (χ3n) is 4.85. The zero-order valence-electron chi connectivity index (χ0n) is 18.0. The van der Waals surface area contributed by atoms with Gasteiger partial charge in [-0.2, -0.15) is 0 Å². The summed E-state index contributed by atoms with van der Waals surface area (Å²) in [6.45, 7) is 0.236. The molecule has 2 aromatic heterocycles. The van der Waals surface area contributed by atoms with Gasteiger partial charge in [0.25, 0.3) is 0 Å². The molecule has 0 aliphatic heterocycles. The summed E-state index contributed by atoms with van der Waals surface area (Å²) in [5.74, 6) is 3.29. The average Bonchev–Trinajstić information content (AvgIpc) is 3.27. The van der Waals surface area contributed by atoms with Crippen molar-refractivity contribution in [1.82, 2.24) is 15.0 Å². The van der Waals surface area contributed by atoms with Crippen molar-refractivity contribution in [3.8, 4) is 34.4 Å². The van der Waals surface area contributed by atoms with Gasteiger partial charge in [0, 0.05) is 18.3 Å². The molecule has 0 aliphatic rings. The number of ether oxygens (including phenoxy) is 4. The van der Waals surface area contributed by atoms with Crippen molar-refractivity contribution in [1.29, 1.82) is 0 Å². The molecule has 32 heavy (non-hydrogen) atoms. The molecule has 0 aliphatic carbocycles. The number of nitrogens with zero attached hydrogens (tertiary/aromatic N) is 2. The molecular weight excluding hydrogens is 430 g/mol. The van der Waals surface area contributed by atoms with E-state index in [1.807, 2.05) is 24.3 Å². The Labute approximate surface area is 188 Å². The van der Waals surface area contributed by atoms with E-state index in [-0.39, 0.29) is 6.61 Å². The maximum absolute atomic E-state index is 12.8. The fourth-order valence-corrected chi connectivity index (χ4v) is 4.15. The lowest BCUT2D eigenvalue weighted by molar-refractivity contribution is 0.338. The van der Waals surface area contributed by atoms with Crippen LogP contribution in [0.5, 0.6) is 23.0 Å². The summed E-state index contributed by atoms with van der Waals surface area (Å²) in [4.78, 5) is 12.7. The number of nitrogens with one attached hydrogen (secondary N) is 1. The number of imidazole rings is 1. The second-order valence-corrected chi connectivity index (χ2v) is 8.31. The zero-order valence-corrected chi connectivity index (χ0v) is 18.8. The maximum atomic E-state index is 12.8. The summed E-state index contributed by atoms with van der Waals surface area (Å²) >= 11 is -1.28. The highest BCUT2D eigenvalue weighted by Crippen LogP contribution is 2.33. The Morgan fingerprint density at radius 1 is 0.938 bits per heavy atom. The van der Waals surface area contributed by atoms with E-state index >= 15 is 0 Å². The molecule has 8 nitrogen and oxygen atoms in total. The molecular formula is C23H23N3O5S. The zero-order chi connectivity index (χ0) is 22.5. The van der Waals surface area contributed by atoms with Crippen LogP contribution in [0.1, 0.15) is 0 Å². The number of aromatic nitrogens is 3. The Morgan fingerprint density at radius 2 is 1.78 bits per heavy atom. The van der Waals surface area contributed by atoms with Gasteiger partial charge in [0.1, 0.15) is 29.7 Å². The summed E-state index contributed by atoms with van der Waals surface area (Å²) in [6, 6.07) is 14.5. The second kappa shape index (κ2) is 9.80. The van der Waals surface area contributed by atoms with Gasteiger partial charge in [-0.05, 0) is 47.6 Å². The molecule has 0 saturated heterocycles. The highest BCUT2D eigenvalue weighted by Gasteiger charge is 2.17. The van der Waals surface area contributed by atoms with Crippen LogP contribution in [0, 0.1) is 0 Å². The van der Waals surface area contributed by atoms with Crippen molar-refractivity contribution >= 4 is 22.3 Å². The predicted octanol–water partition coefficient (Wildman–Crippen LogP) is 3.84. The number of hydrogen-bond acceptors (Lipinski definition) is 7. The fourth-order valence-electron chi connectivity index (χ4n) is 3.22. The van der Waals surface area contributed by atoms with Crippen LogP contribution in [0.15, 0.2) is 59.6 Å². The molecule has 9 heteroatoms. The first-order chi connectivity index (χ1) is 15.6. The standard InChI is InChI=1S/C23H23N3O5S/c1-28-15-6-8-17(22-25-18-5-4-10-24-23(18)26-22)20(13-15)31-11-12-32(27)16-7-9-19(29-2)21(14-16)30-3/h4-10,13-14H,11-12H2,1-3H3,(H,24,25,26). The van der Waals surface area contributed by atoms with Crippen molar-refractivity contribution in [3.05, 3.63) is 54.7 Å². The molecule has 4 rings (SSSR count). The number of aromatic amines is 1. The molecule has 4 aromatic rings. The molecule has 2 heterocycles. The van der Waals surface area contributed by atoms with Crippen LogP contribution < -0.4 is 18.9 Å². The molecule has 0 spiro atoms. The molecule has 0 fully saturated rings. The van der Waals surface area contributed by atoms with Crippen LogP contribution in [0.4, 0.5) is 0 Å². The SMILES string of the molecule is COc1ccc(-c2nc3ncccc3[nH]2)c(OCC[S+]([O-])c2ccc(OC)c(OC)c2)c1. The van der Waals surface area contributed by atoms with Gasteiger partial charge in [-0.15, -0.1) is 0 Å². The minimum Gasteiger partial charge on any atom is -0.611 e. The van der Waals surface area contributed by atoms with Crippen LogP contribution >= 0.6 is 0 Å². The quantitative estimate of drug-likeness (QED) is 0.384. The van der Waals surface area contributed by atoms with Gasteiger partial charge in [-0.1, -0.05) is 0 Å². The van der Waals surface area contributed by atoms with Crippen molar-refractivity contribution in [2.45, 2.75) is 4.90 Å².